The molecule has 0 unspecified atom stereocenters. The summed E-state index contributed by atoms with van der Waals surface area (Å²) in [6.45, 7) is 2.04. The summed E-state index contributed by atoms with van der Waals surface area (Å²) in [4.78, 5) is 9.63. The van der Waals surface area contributed by atoms with Gasteiger partial charge >= 0.3 is 0 Å². The number of piperidine rings is 1. The number of aromatic nitrogens is 4. The average Bonchev–Trinajstić information content (AvgIpc) is 3.63. The summed E-state index contributed by atoms with van der Waals surface area (Å²) in [5.74, 6) is 2.17. The third-order valence-electron chi connectivity index (χ3n) is 6.51. The number of ether oxygens (including phenoxy) is 1. The van der Waals surface area contributed by atoms with Gasteiger partial charge in [0, 0.05) is 24.6 Å². The second kappa shape index (κ2) is 8.48. The molecule has 1 aliphatic heterocycles. The monoisotopic (exact) mass is 440 g/mol. The maximum atomic E-state index is 5.60. The van der Waals surface area contributed by atoms with Gasteiger partial charge in [-0.15, -0.1) is 0 Å². The minimum Gasteiger partial charge on any atom is -0.495 e. The van der Waals surface area contributed by atoms with Gasteiger partial charge in [0.25, 0.3) is 0 Å². The number of imidazole rings is 1. The zero-order chi connectivity index (χ0) is 22.2. The van der Waals surface area contributed by atoms with Crippen molar-refractivity contribution in [3.63, 3.8) is 0 Å². The Hall–Kier alpha value is -3.45. The SMILES string of the molecule is COc1cc2ncc(-c3cc(-c4ccccc4)cc(N[C@@H]4CCCNC4)n3)n2nc1C1CC1. The Morgan fingerprint density at radius 2 is 1.94 bits per heavy atom. The highest BCUT2D eigenvalue weighted by atomic mass is 16.5. The van der Waals surface area contributed by atoms with E-state index in [1.54, 1.807) is 7.11 Å². The van der Waals surface area contributed by atoms with Crippen LogP contribution in [0.3, 0.4) is 0 Å². The van der Waals surface area contributed by atoms with E-state index >= 15 is 0 Å². The lowest BCUT2D eigenvalue weighted by Gasteiger charge is -2.24. The van der Waals surface area contributed by atoms with Crippen LogP contribution in [0.25, 0.3) is 28.2 Å². The fraction of sp³-hybridized carbons (Fsp3) is 0.346. The Kier molecular flexibility index (Phi) is 5.19. The number of nitrogens with zero attached hydrogens (tertiary/aromatic N) is 4. The Bertz CT molecular complexity index is 1270. The molecule has 1 atom stereocenters. The molecule has 0 radical (unpaired) electrons. The van der Waals surface area contributed by atoms with Crippen LogP contribution in [0.15, 0.2) is 54.7 Å². The highest BCUT2D eigenvalue weighted by Crippen LogP contribution is 2.43. The quantitative estimate of drug-likeness (QED) is 0.460. The first-order valence-corrected chi connectivity index (χ1v) is 11.8. The van der Waals surface area contributed by atoms with E-state index in [-0.39, 0.29) is 0 Å². The first-order valence-electron chi connectivity index (χ1n) is 11.8. The van der Waals surface area contributed by atoms with Crippen molar-refractivity contribution in [3.05, 3.63) is 60.4 Å². The zero-order valence-corrected chi connectivity index (χ0v) is 18.8. The van der Waals surface area contributed by atoms with Gasteiger partial charge in [-0.2, -0.15) is 5.10 Å². The molecule has 4 heterocycles. The molecule has 3 aromatic heterocycles. The third kappa shape index (κ3) is 4.04. The average molecular weight is 441 g/mol. The van der Waals surface area contributed by atoms with E-state index in [1.165, 1.54) is 6.42 Å². The number of nitrogens with one attached hydrogen (secondary N) is 2. The highest BCUT2D eigenvalue weighted by molar-refractivity contribution is 5.73. The van der Waals surface area contributed by atoms with Crippen molar-refractivity contribution in [3.8, 4) is 28.3 Å². The summed E-state index contributed by atoms with van der Waals surface area (Å²) in [5, 5.41) is 12.1. The largest absolute Gasteiger partial charge is 0.495 e. The van der Waals surface area contributed by atoms with E-state index in [1.807, 2.05) is 22.8 Å². The molecule has 6 rings (SSSR count). The van der Waals surface area contributed by atoms with Crippen LogP contribution < -0.4 is 15.4 Å². The Labute approximate surface area is 193 Å². The summed E-state index contributed by atoms with van der Waals surface area (Å²) in [6, 6.07) is 17.1. The lowest BCUT2D eigenvalue weighted by molar-refractivity contribution is 0.405. The topological polar surface area (TPSA) is 76.4 Å². The Morgan fingerprint density at radius 1 is 1.06 bits per heavy atom. The molecule has 168 valence electrons. The number of rotatable bonds is 6. The first kappa shape index (κ1) is 20.2. The van der Waals surface area contributed by atoms with Crippen molar-refractivity contribution in [1.82, 2.24) is 24.9 Å². The van der Waals surface area contributed by atoms with Gasteiger partial charge in [-0.1, -0.05) is 30.3 Å². The molecule has 1 saturated carbocycles. The molecule has 2 aliphatic rings. The third-order valence-corrected chi connectivity index (χ3v) is 6.51. The van der Waals surface area contributed by atoms with E-state index in [9.17, 15) is 0 Å². The van der Waals surface area contributed by atoms with E-state index in [0.717, 1.165) is 77.8 Å². The molecule has 0 bridgehead atoms. The minimum absolute atomic E-state index is 0.371. The van der Waals surface area contributed by atoms with Crippen molar-refractivity contribution in [2.75, 3.05) is 25.5 Å². The molecule has 7 heteroatoms. The van der Waals surface area contributed by atoms with Gasteiger partial charge in [0.2, 0.25) is 0 Å². The second-order valence-corrected chi connectivity index (χ2v) is 8.97. The molecular weight excluding hydrogens is 412 g/mol. The fourth-order valence-corrected chi connectivity index (χ4v) is 4.61. The van der Waals surface area contributed by atoms with Crippen molar-refractivity contribution in [2.24, 2.45) is 0 Å². The molecular formula is C26H28N6O. The molecule has 4 aromatic rings. The Balaban J connectivity index is 1.46. The van der Waals surface area contributed by atoms with Crippen molar-refractivity contribution >= 4 is 11.5 Å². The van der Waals surface area contributed by atoms with Gasteiger partial charge in [0.15, 0.2) is 5.65 Å². The van der Waals surface area contributed by atoms with Crippen molar-refractivity contribution in [2.45, 2.75) is 37.6 Å². The van der Waals surface area contributed by atoms with Crippen LogP contribution in [0.1, 0.15) is 37.3 Å². The fourth-order valence-electron chi connectivity index (χ4n) is 4.61. The maximum absolute atomic E-state index is 5.60. The maximum Gasteiger partial charge on any atom is 0.157 e. The summed E-state index contributed by atoms with van der Waals surface area (Å²) >= 11 is 0. The Morgan fingerprint density at radius 3 is 2.70 bits per heavy atom. The normalized spacial score (nSPS) is 18.4. The van der Waals surface area contributed by atoms with Crippen LogP contribution in [-0.2, 0) is 0 Å². The van der Waals surface area contributed by atoms with Gasteiger partial charge in [-0.25, -0.2) is 14.5 Å². The standard InChI is InChI=1S/C26H28N6O/c1-33-23-14-25-28-16-22(32(25)31-26(23)18-9-10-18)21-12-19(17-6-3-2-4-7-17)13-24(30-21)29-20-8-5-11-27-15-20/h2-4,6-7,12-14,16,18,20,27H,5,8-11,15H2,1H3,(H,29,30)/t20-/m1/s1. The number of benzene rings is 1. The van der Waals surface area contributed by atoms with Crippen LogP contribution in [0, 0.1) is 0 Å². The lowest BCUT2D eigenvalue weighted by Crippen LogP contribution is -2.38. The van der Waals surface area contributed by atoms with E-state index < -0.39 is 0 Å². The van der Waals surface area contributed by atoms with Gasteiger partial charge in [0.1, 0.15) is 23.0 Å². The predicted molar refractivity (Wildman–Crippen MR) is 130 cm³/mol. The molecule has 1 saturated heterocycles. The van der Waals surface area contributed by atoms with Crippen LogP contribution >= 0.6 is 0 Å². The summed E-state index contributed by atoms with van der Waals surface area (Å²) in [5.41, 5.74) is 5.80. The van der Waals surface area contributed by atoms with Gasteiger partial charge in [0.05, 0.1) is 19.0 Å². The predicted octanol–water partition coefficient (Wildman–Crippen LogP) is 4.51. The summed E-state index contributed by atoms with van der Waals surface area (Å²) in [7, 11) is 1.70. The molecule has 1 aliphatic carbocycles. The number of hydrogen-bond donors (Lipinski definition) is 2. The van der Waals surface area contributed by atoms with Crippen LogP contribution in [0.2, 0.25) is 0 Å². The molecule has 2 N–H and O–H groups in total. The van der Waals surface area contributed by atoms with E-state index in [2.05, 4.69) is 52.0 Å². The smallest absolute Gasteiger partial charge is 0.157 e. The van der Waals surface area contributed by atoms with Crippen molar-refractivity contribution < 1.29 is 4.74 Å². The highest BCUT2D eigenvalue weighted by Gasteiger charge is 2.30. The number of fused-ring (bicyclic) bond motifs is 1. The molecule has 0 spiro atoms. The van der Waals surface area contributed by atoms with Crippen LogP contribution in [0.5, 0.6) is 5.75 Å². The van der Waals surface area contributed by atoms with E-state index in [0.29, 0.717) is 12.0 Å². The van der Waals surface area contributed by atoms with Crippen LogP contribution in [-0.4, -0.2) is 45.8 Å². The minimum atomic E-state index is 0.371. The number of hydrogen-bond acceptors (Lipinski definition) is 6. The van der Waals surface area contributed by atoms with Gasteiger partial charge < -0.3 is 15.4 Å². The molecule has 0 amide bonds. The molecule has 2 fully saturated rings. The second-order valence-electron chi connectivity index (χ2n) is 8.97. The molecule has 1 aromatic carbocycles. The van der Waals surface area contributed by atoms with E-state index in [4.69, 9.17) is 14.8 Å². The number of pyridine rings is 1. The number of methoxy groups -OCH3 is 1. The van der Waals surface area contributed by atoms with Crippen molar-refractivity contribution in [1.29, 1.82) is 0 Å². The number of anilines is 1. The molecule has 7 nitrogen and oxygen atoms in total. The lowest BCUT2D eigenvalue weighted by atomic mass is 10.0. The zero-order valence-electron chi connectivity index (χ0n) is 18.8. The van der Waals surface area contributed by atoms with Gasteiger partial charge in [-0.3, -0.25) is 0 Å². The molecule has 33 heavy (non-hydrogen) atoms. The van der Waals surface area contributed by atoms with Gasteiger partial charge in [-0.05, 0) is 55.5 Å². The summed E-state index contributed by atoms with van der Waals surface area (Å²) < 4.78 is 7.52. The first-order chi connectivity index (χ1) is 16.3. The van der Waals surface area contributed by atoms with Crippen LogP contribution in [0.4, 0.5) is 5.82 Å². The summed E-state index contributed by atoms with van der Waals surface area (Å²) in [6.07, 6.45) is 6.49.